The molecule has 1 aromatic rings. The van der Waals surface area contributed by atoms with E-state index in [0.29, 0.717) is 29.3 Å². The first kappa shape index (κ1) is 15.5. The molecule has 5 N–H and O–H groups in total. The average Bonchev–Trinajstić information content (AvgIpc) is 2.45. The van der Waals surface area contributed by atoms with Crippen LogP contribution >= 0.6 is 0 Å². The van der Waals surface area contributed by atoms with E-state index in [0.717, 1.165) is 31.6 Å². The number of hydrogen-bond acceptors (Lipinski definition) is 4. The minimum Gasteiger partial charge on any atom is -0.493 e. The van der Waals surface area contributed by atoms with Gasteiger partial charge < -0.3 is 21.5 Å². The highest BCUT2D eigenvalue weighted by molar-refractivity contribution is 5.99. The van der Waals surface area contributed by atoms with E-state index in [4.69, 9.17) is 16.2 Å². The number of carbonyl (C=O) groups excluding carboxylic acids is 1. The second-order valence-electron chi connectivity index (χ2n) is 5.84. The van der Waals surface area contributed by atoms with Crippen molar-refractivity contribution in [3.63, 3.8) is 0 Å². The third kappa shape index (κ3) is 3.80. The Morgan fingerprint density at radius 2 is 1.86 bits per heavy atom. The molecule has 0 spiro atoms. The van der Waals surface area contributed by atoms with Gasteiger partial charge in [0.1, 0.15) is 5.75 Å². The lowest BCUT2D eigenvalue weighted by Gasteiger charge is -2.27. The summed E-state index contributed by atoms with van der Waals surface area (Å²) in [6.07, 6.45) is 4.38. The number of nitrogens with one attached hydrogen (secondary N) is 1. The van der Waals surface area contributed by atoms with Crippen LogP contribution in [0.3, 0.4) is 0 Å². The first-order valence-electron chi connectivity index (χ1n) is 7.64. The molecule has 1 aliphatic carbocycles. The molecule has 0 radical (unpaired) electrons. The average molecular weight is 291 g/mol. The molecule has 0 bridgehead atoms. The van der Waals surface area contributed by atoms with Crippen LogP contribution in [0.25, 0.3) is 0 Å². The lowest BCUT2D eigenvalue weighted by Crippen LogP contribution is -2.37. The molecule has 1 aliphatic rings. The van der Waals surface area contributed by atoms with Crippen molar-refractivity contribution in [3.8, 4) is 5.75 Å². The van der Waals surface area contributed by atoms with Crippen molar-refractivity contribution in [2.24, 2.45) is 5.92 Å². The predicted octanol–water partition coefficient (Wildman–Crippen LogP) is 2.56. The monoisotopic (exact) mass is 291 g/mol. The van der Waals surface area contributed by atoms with Crippen molar-refractivity contribution in [2.75, 3.05) is 18.1 Å². The maximum atomic E-state index is 12.5. The van der Waals surface area contributed by atoms with Gasteiger partial charge in [0.05, 0.1) is 23.5 Å². The first-order valence-corrected chi connectivity index (χ1v) is 7.64. The highest BCUT2D eigenvalue weighted by Gasteiger charge is 2.22. The van der Waals surface area contributed by atoms with Crippen LogP contribution in [0.15, 0.2) is 12.1 Å². The van der Waals surface area contributed by atoms with Gasteiger partial charge in [-0.2, -0.15) is 0 Å². The number of benzene rings is 1. The fourth-order valence-corrected chi connectivity index (χ4v) is 2.73. The van der Waals surface area contributed by atoms with E-state index >= 15 is 0 Å². The Kier molecular flexibility index (Phi) is 4.94. The quantitative estimate of drug-likeness (QED) is 0.744. The molecule has 116 valence electrons. The Hall–Kier alpha value is -1.91. The highest BCUT2D eigenvalue weighted by atomic mass is 16.5. The molecule has 1 aromatic carbocycles. The zero-order valence-electron chi connectivity index (χ0n) is 12.8. The van der Waals surface area contributed by atoms with Gasteiger partial charge in [-0.05, 0) is 44.6 Å². The molecule has 2 rings (SSSR count). The van der Waals surface area contributed by atoms with Crippen molar-refractivity contribution in [1.29, 1.82) is 0 Å². The van der Waals surface area contributed by atoms with Gasteiger partial charge in [-0.3, -0.25) is 4.79 Å². The summed E-state index contributed by atoms with van der Waals surface area (Å²) in [7, 11) is 0. The van der Waals surface area contributed by atoms with Gasteiger partial charge in [0, 0.05) is 12.1 Å². The van der Waals surface area contributed by atoms with E-state index < -0.39 is 0 Å². The zero-order chi connectivity index (χ0) is 15.4. The van der Waals surface area contributed by atoms with Crippen LogP contribution in [-0.2, 0) is 0 Å². The van der Waals surface area contributed by atoms with Crippen molar-refractivity contribution in [1.82, 2.24) is 5.32 Å². The normalized spacial score (nSPS) is 21.8. The second kappa shape index (κ2) is 6.70. The number of nitrogens with two attached hydrogens (primary N) is 2. The number of carbonyl (C=O) groups is 1. The topological polar surface area (TPSA) is 90.4 Å². The van der Waals surface area contributed by atoms with Crippen LogP contribution in [-0.4, -0.2) is 18.6 Å². The largest absolute Gasteiger partial charge is 0.493 e. The van der Waals surface area contributed by atoms with Crippen molar-refractivity contribution < 1.29 is 9.53 Å². The fraction of sp³-hybridized carbons (Fsp3) is 0.562. The molecule has 0 heterocycles. The SMILES string of the molecule is CCOc1cc(N)c(N)cc1C(=O)NC1CCC(C)CC1. The second-order valence-corrected chi connectivity index (χ2v) is 5.84. The summed E-state index contributed by atoms with van der Waals surface area (Å²) in [5.74, 6) is 1.11. The summed E-state index contributed by atoms with van der Waals surface area (Å²) in [6.45, 7) is 4.60. The van der Waals surface area contributed by atoms with E-state index in [-0.39, 0.29) is 11.9 Å². The van der Waals surface area contributed by atoms with E-state index in [9.17, 15) is 4.79 Å². The minimum atomic E-state index is -0.135. The summed E-state index contributed by atoms with van der Waals surface area (Å²) < 4.78 is 5.50. The Morgan fingerprint density at radius 1 is 1.24 bits per heavy atom. The van der Waals surface area contributed by atoms with Crippen molar-refractivity contribution in [3.05, 3.63) is 17.7 Å². The summed E-state index contributed by atoms with van der Waals surface area (Å²) in [6, 6.07) is 3.46. The van der Waals surface area contributed by atoms with Gasteiger partial charge in [0.15, 0.2) is 0 Å². The van der Waals surface area contributed by atoms with Crippen molar-refractivity contribution >= 4 is 17.3 Å². The van der Waals surface area contributed by atoms with Gasteiger partial charge in [0.2, 0.25) is 0 Å². The third-order valence-corrected chi connectivity index (χ3v) is 4.08. The molecule has 0 aromatic heterocycles. The van der Waals surface area contributed by atoms with Gasteiger partial charge in [-0.15, -0.1) is 0 Å². The first-order chi connectivity index (χ1) is 10.0. The number of hydrogen-bond donors (Lipinski definition) is 3. The summed E-state index contributed by atoms with van der Waals surface area (Å²) in [5.41, 5.74) is 12.9. The molecular formula is C16H25N3O2. The van der Waals surface area contributed by atoms with Gasteiger partial charge >= 0.3 is 0 Å². The maximum Gasteiger partial charge on any atom is 0.255 e. The Labute approximate surface area is 126 Å². The molecule has 1 fully saturated rings. The fourth-order valence-electron chi connectivity index (χ4n) is 2.73. The number of amides is 1. The van der Waals surface area contributed by atoms with Crippen molar-refractivity contribution in [2.45, 2.75) is 45.6 Å². The van der Waals surface area contributed by atoms with Gasteiger partial charge in [-0.1, -0.05) is 6.92 Å². The summed E-state index contributed by atoms with van der Waals surface area (Å²) in [5, 5.41) is 3.09. The lowest BCUT2D eigenvalue weighted by atomic mass is 9.87. The standard InChI is InChI=1S/C16H25N3O2/c1-3-21-15-9-14(18)13(17)8-12(15)16(20)19-11-6-4-10(2)5-7-11/h8-11H,3-7,17-18H2,1-2H3,(H,19,20). The molecule has 21 heavy (non-hydrogen) atoms. The molecule has 0 atom stereocenters. The summed E-state index contributed by atoms with van der Waals surface area (Å²) >= 11 is 0. The number of anilines is 2. The minimum absolute atomic E-state index is 0.135. The maximum absolute atomic E-state index is 12.5. The number of ether oxygens (including phenoxy) is 1. The van der Waals surface area contributed by atoms with Crippen LogP contribution < -0.4 is 21.5 Å². The van der Waals surface area contributed by atoms with E-state index in [1.165, 1.54) is 0 Å². The van der Waals surface area contributed by atoms with Crippen LogP contribution in [0, 0.1) is 5.92 Å². The van der Waals surface area contributed by atoms with Gasteiger partial charge in [0.25, 0.3) is 5.91 Å². The highest BCUT2D eigenvalue weighted by Crippen LogP contribution is 2.28. The van der Waals surface area contributed by atoms with Crippen LogP contribution in [0.4, 0.5) is 11.4 Å². The zero-order valence-corrected chi connectivity index (χ0v) is 12.8. The third-order valence-electron chi connectivity index (χ3n) is 4.08. The molecule has 1 amide bonds. The van der Waals surface area contributed by atoms with Gasteiger partial charge in [-0.25, -0.2) is 0 Å². The molecule has 0 saturated heterocycles. The molecule has 0 aliphatic heterocycles. The van der Waals surface area contributed by atoms with Crippen LogP contribution in [0.5, 0.6) is 5.75 Å². The van der Waals surface area contributed by atoms with E-state index in [2.05, 4.69) is 12.2 Å². The number of nitrogen functional groups attached to an aromatic ring is 2. The van der Waals surface area contributed by atoms with E-state index in [1.807, 2.05) is 6.92 Å². The Bertz CT molecular complexity index is 508. The Balaban J connectivity index is 2.12. The molecule has 1 saturated carbocycles. The smallest absolute Gasteiger partial charge is 0.255 e. The van der Waals surface area contributed by atoms with Crippen LogP contribution in [0.2, 0.25) is 0 Å². The molecule has 5 heteroatoms. The summed E-state index contributed by atoms with van der Waals surface area (Å²) in [4.78, 5) is 12.5. The molecule has 0 unspecified atom stereocenters. The predicted molar refractivity (Wildman–Crippen MR) is 85.3 cm³/mol. The van der Waals surface area contributed by atoms with Crippen LogP contribution in [0.1, 0.15) is 49.9 Å². The molecular weight excluding hydrogens is 266 g/mol. The lowest BCUT2D eigenvalue weighted by molar-refractivity contribution is 0.0919. The number of rotatable bonds is 4. The van der Waals surface area contributed by atoms with E-state index in [1.54, 1.807) is 12.1 Å². The Morgan fingerprint density at radius 3 is 2.48 bits per heavy atom. The molecule has 5 nitrogen and oxygen atoms in total.